The van der Waals surface area contributed by atoms with Gasteiger partial charge in [-0.05, 0) is 6.92 Å². The third-order valence-corrected chi connectivity index (χ3v) is 2.51. The lowest BCUT2D eigenvalue weighted by molar-refractivity contribution is -0.899. The van der Waals surface area contributed by atoms with Crippen LogP contribution < -0.4 is 10.2 Å². The van der Waals surface area contributed by atoms with Gasteiger partial charge in [0.15, 0.2) is 12.4 Å². The first-order valence-electron chi connectivity index (χ1n) is 5.38. The zero-order valence-electron chi connectivity index (χ0n) is 9.28. The van der Waals surface area contributed by atoms with E-state index in [1.807, 2.05) is 0 Å². The summed E-state index contributed by atoms with van der Waals surface area (Å²) in [4.78, 5) is 12.9. The Labute approximate surface area is 93.5 Å². The Kier molecular flexibility index (Phi) is 3.53. The van der Waals surface area contributed by atoms with E-state index in [1.165, 1.54) is 4.90 Å². The molecule has 2 rings (SSSR count). The zero-order valence-corrected chi connectivity index (χ0v) is 9.28. The molecule has 1 aliphatic rings. The number of hydrogen-bond acceptors (Lipinski definition) is 4. The highest BCUT2D eigenvalue weighted by molar-refractivity contribution is 5.90. The summed E-state index contributed by atoms with van der Waals surface area (Å²) < 4.78 is 10.1. The van der Waals surface area contributed by atoms with Gasteiger partial charge >= 0.3 is 0 Å². The summed E-state index contributed by atoms with van der Waals surface area (Å²) in [5.74, 6) is 1.13. The van der Waals surface area contributed by atoms with Crippen LogP contribution in [0.3, 0.4) is 0 Å². The van der Waals surface area contributed by atoms with Crippen molar-refractivity contribution < 1.29 is 19.0 Å². The number of carbonyl (C=O) groups is 1. The maximum Gasteiger partial charge on any atom is 0.280 e. The number of nitrogens with zero attached hydrogens (tertiary/aromatic N) is 1. The van der Waals surface area contributed by atoms with Crippen LogP contribution in [0.2, 0.25) is 0 Å². The number of anilines is 1. The Bertz CT molecular complexity index is 358. The average molecular weight is 226 g/mol. The molecule has 6 nitrogen and oxygen atoms in total. The largest absolute Gasteiger partial charge is 0.370 e. The fraction of sp³-hybridized carbons (Fsp3) is 0.600. The van der Waals surface area contributed by atoms with Crippen molar-refractivity contribution in [2.45, 2.75) is 6.92 Å². The number of rotatable bonds is 3. The van der Waals surface area contributed by atoms with Crippen molar-refractivity contribution in [3.8, 4) is 0 Å². The maximum atomic E-state index is 11.6. The summed E-state index contributed by atoms with van der Waals surface area (Å²) in [5, 5.41) is 6.41. The molecule has 0 saturated carbocycles. The van der Waals surface area contributed by atoms with E-state index < -0.39 is 0 Å². The first-order valence-corrected chi connectivity index (χ1v) is 5.38. The molecular formula is C10H16N3O3+. The van der Waals surface area contributed by atoms with Crippen molar-refractivity contribution in [3.63, 3.8) is 0 Å². The molecule has 1 saturated heterocycles. The normalized spacial score (nSPS) is 17.3. The van der Waals surface area contributed by atoms with E-state index in [0.717, 1.165) is 26.3 Å². The highest BCUT2D eigenvalue weighted by Crippen LogP contribution is 2.05. The van der Waals surface area contributed by atoms with Crippen LogP contribution in [0.4, 0.5) is 5.82 Å². The van der Waals surface area contributed by atoms with Crippen LogP contribution in [0.5, 0.6) is 0 Å². The Balaban J connectivity index is 1.79. The number of carbonyl (C=O) groups excluding carboxylic acids is 1. The second-order valence-corrected chi connectivity index (χ2v) is 3.91. The minimum absolute atomic E-state index is 0.0369. The third-order valence-electron chi connectivity index (χ3n) is 2.51. The van der Waals surface area contributed by atoms with Gasteiger partial charge in [-0.15, -0.1) is 0 Å². The Morgan fingerprint density at radius 3 is 2.94 bits per heavy atom. The van der Waals surface area contributed by atoms with Gasteiger partial charge in [-0.25, -0.2) is 0 Å². The molecule has 1 aromatic rings. The number of morpholine rings is 1. The van der Waals surface area contributed by atoms with Gasteiger partial charge < -0.3 is 19.5 Å². The van der Waals surface area contributed by atoms with Gasteiger partial charge in [0.25, 0.3) is 5.91 Å². The SMILES string of the molecule is Cc1cc(NC(=O)C[NH+]2CCOCC2)no1. The van der Waals surface area contributed by atoms with Crippen molar-refractivity contribution in [1.29, 1.82) is 0 Å². The molecule has 1 aromatic heterocycles. The van der Waals surface area contributed by atoms with Gasteiger partial charge in [0.2, 0.25) is 0 Å². The molecular weight excluding hydrogens is 210 g/mol. The number of aryl methyl sites for hydroxylation is 1. The van der Waals surface area contributed by atoms with Crippen molar-refractivity contribution in [3.05, 3.63) is 11.8 Å². The van der Waals surface area contributed by atoms with Crippen molar-refractivity contribution >= 4 is 11.7 Å². The van der Waals surface area contributed by atoms with E-state index in [1.54, 1.807) is 13.0 Å². The van der Waals surface area contributed by atoms with Crippen molar-refractivity contribution in [1.82, 2.24) is 5.16 Å². The molecule has 6 heteroatoms. The molecule has 0 bridgehead atoms. The van der Waals surface area contributed by atoms with E-state index in [2.05, 4.69) is 10.5 Å². The lowest BCUT2D eigenvalue weighted by Crippen LogP contribution is -3.15. The standard InChI is InChI=1S/C10H15N3O3/c1-8-6-9(12-16-8)11-10(14)7-13-2-4-15-5-3-13/h6H,2-5,7H2,1H3,(H,11,12,14)/p+1. The molecule has 2 heterocycles. The minimum Gasteiger partial charge on any atom is -0.370 e. The predicted octanol–water partition coefficient (Wildman–Crippen LogP) is -1.16. The smallest absolute Gasteiger partial charge is 0.280 e. The second kappa shape index (κ2) is 5.09. The molecule has 0 radical (unpaired) electrons. The molecule has 0 aliphatic carbocycles. The Morgan fingerprint density at radius 1 is 1.56 bits per heavy atom. The monoisotopic (exact) mass is 226 g/mol. The van der Waals surface area contributed by atoms with E-state index in [9.17, 15) is 4.79 Å². The first kappa shape index (κ1) is 11.1. The molecule has 2 N–H and O–H groups in total. The molecule has 0 atom stereocenters. The highest BCUT2D eigenvalue weighted by atomic mass is 16.5. The minimum atomic E-state index is -0.0369. The van der Waals surface area contributed by atoms with E-state index in [0.29, 0.717) is 18.1 Å². The summed E-state index contributed by atoms with van der Waals surface area (Å²) >= 11 is 0. The summed E-state index contributed by atoms with van der Waals surface area (Å²) in [6.45, 7) is 5.46. The fourth-order valence-electron chi connectivity index (χ4n) is 1.68. The Hall–Kier alpha value is -1.40. The lowest BCUT2D eigenvalue weighted by atomic mass is 10.4. The van der Waals surface area contributed by atoms with E-state index >= 15 is 0 Å². The summed E-state index contributed by atoms with van der Waals surface area (Å²) in [6, 6.07) is 1.70. The molecule has 0 spiro atoms. The molecule has 1 aliphatic heterocycles. The molecule has 1 fully saturated rings. The summed E-state index contributed by atoms with van der Waals surface area (Å²) in [6.07, 6.45) is 0. The zero-order chi connectivity index (χ0) is 11.4. The van der Waals surface area contributed by atoms with Crippen LogP contribution in [-0.2, 0) is 9.53 Å². The van der Waals surface area contributed by atoms with Crippen molar-refractivity contribution in [2.75, 3.05) is 38.2 Å². The first-order chi connectivity index (χ1) is 7.74. The Morgan fingerprint density at radius 2 is 2.31 bits per heavy atom. The van der Waals surface area contributed by atoms with E-state index in [4.69, 9.17) is 9.26 Å². The number of aromatic nitrogens is 1. The number of amides is 1. The molecule has 0 unspecified atom stereocenters. The van der Waals surface area contributed by atoms with Gasteiger partial charge in [0.05, 0.1) is 13.2 Å². The van der Waals surface area contributed by atoms with Gasteiger partial charge in [-0.2, -0.15) is 0 Å². The fourth-order valence-corrected chi connectivity index (χ4v) is 1.68. The number of nitrogens with one attached hydrogen (secondary N) is 2. The average Bonchev–Trinajstić information content (AvgIpc) is 2.65. The lowest BCUT2D eigenvalue weighted by Gasteiger charge is -2.22. The molecule has 1 amide bonds. The highest BCUT2D eigenvalue weighted by Gasteiger charge is 2.18. The van der Waals surface area contributed by atoms with Crippen LogP contribution in [0.25, 0.3) is 0 Å². The van der Waals surface area contributed by atoms with Crippen LogP contribution in [0.1, 0.15) is 5.76 Å². The van der Waals surface area contributed by atoms with Crippen LogP contribution in [0.15, 0.2) is 10.6 Å². The van der Waals surface area contributed by atoms with Crippen molar-refractivity contribution in [2.24, 2.45) is 0 Å². The quantitative estimate of drug-likeness (QED) is 0.682. The number of quaternary nitrogens is 1. The van der Waals surface area contributed by atoms with E-state index in [-0.39, 0.29) is 5.91 Å². The molecule has 16 heavy (non-hydrogen) atoms. The predicted molar refractivity (Wildman–Crippen MR) is 56.3 cm³/mol. The summed E-state index contributed by atoms with van der Waals surface area (Å²) in [7, 11) is 0. The third kappa shape index (κ3) is 3.04. The summed E-state index contributed by atoms with van der Waals surface area (Å²) in [5.41, 5.74) is 0. The second-order valence-electron chi connectivity index (χ2n) is 3.91. The van der Waals surface area contributed by atoms with Gasteiger partial charge in [-0.1, -0.05) is 5.16 Å². The van der Waals surface area contributed by atoms with Gasteiger partial charge in [0.1, 0.15) is 18.8 Å². The number of ether oxygens (including phenoxy) is 1. The maximum absolute atomic E-state index is 11.6. The van der Waals surface area contributed by atoms with Crippen LogP contribution in [0, 0.1) is 6.92 Å². The number of hydrogen-bond donors (Lipinski definition) is 2. The molecule has 88 valence electrons. The topological polar surface area (TPSA) is 68.8 Å². The molecule has 0 aromatic carbocycles. The van der Waals surface area contributed by atoms with Crippen LogP contribution in [-0.4, -0.2) is 43.9 Å². The van der Waals surface area contributed by atoms with Crippen LogP contribution >= 0.6 is 0 Å². The van der Waals surface area contributed by atoms with Gasteiger partial charge in [-0.3, -0.25) is 4.79 Å². The van der Waals surface area contributed by atoms with Gasteiger partial charge in [0, 0.05) is 6.07 Å².